The Balaban J connectivity index is 1.60. The Bertz CT molecular complexity index is 1030. The van der Waals surface area contributed by atoms with Crippen LogP contribution in [0.1, 0.15) is 46.6 Å². The van der Waals surface area contributed by atoms with Gasteiger partial charge < -0.3 is 0 Å². The molecule has 2 aliphatic rings. The number of hydrogen-bond acceptors (Lipinski definition) is 0. The van der Waals surface area contributed by atoms with E-state index in [0.29, 0.717) is 16.4 Å². The lowest BCUT2D eigenvalue weighted by Gasteiger charge is -2.48. The number of benzene rings is 3. The zero-order valence-electron chi connectivity index (χ0n) is 18.1. The number of rotatable bonds is 3. The smallest absolute Gasteiger partial charge is 0.0172 e. The summed E-state index contributed by atoms with van der Waals surface area (Å²) >= 11 is 0. The van der Waals surface area contributed by atoms with Gasteiger partial charge in [0.2, 0.25) is 0 Å². The van der Waals surface area contributed by atoms with Gasteiger partial charge in [0.25, 0.3) is 0 Å². The molecule has 1 heteroatoms. The Kier molecular flexibility index (Phi) is 4.62. The lowest BCUT2D eigenvalue weighted by atomic mass is 9.97. The molecule has 29 heavy (non-hydrogen) atoms. The average Bonchev–Trinajstić information content (AvgIpc) is 3.24. The van der Waals surface area contributed by atoms with Crippen molar-refractivity contribution in [1.29, 1.82) is 0 Å². The minimum atomic E-state index is -0.863. The van der Waals surface area contributed by atoms with Crippen molar-refractivity contribution in [2.24, 2.45) is 11.8 Å². The second kappa shape index (κ2) is 7.06. The zero-order chi connectivity index (χ0) is 20.2. The molecule has 0 nitrogen and oxygen atoms in total. The van der Waals surface area contributed by atoms with Crippen LogP contribution in [0.5, 0.6) is 0 Å². The minimum Gasteiger partial charge on any atom is -0.233 e. The third-order valence-electron chi connectivity index (χ3n) is 7.38. The van der Waals surface area contributed by atoms with Gasteiger partial charge in [-0.1, -0.05) is 86.6 Å². The molecular formula is C28H32S. The Labute approximate surface area is 177 Å². The highest BCUT2D eigenvalue weighted by atomic mass is 32.3. The van der Waals surface area contributed by atoms with Crippen LogP contribution in [-0.4, -0.2) is 12.5 Å². The van der Waals surface area contributed by atoms with Gasteiger partial charge in [0, 0.05) is 10.5 Å². The summed E-state index contributed by atoms with van der Waals surface area (Å²) in [4.78, 5) is 0. The van der Waals surface area contributed by atoms with Crippen LogP contribution in [-0.2, 0) is 12.8 Å². The first-order chi connectivity index (χ1) is 14.0. The van der Waals surface area contributed by atoms with Gasteiger partial charge in [-0.2, -0.15) is 0 Å². The van der Waals surface area contributed by atoms with E-state index in [1.54, 1.807) is 22.3 Å². The summed E-state index contributed by atoms with van der Waals surface area (Å²) in [6.45, 7) is 4.99. The molecule has 0 amide bonds. The maximum atomic E-state index is 2.63. The van der Waals surface area contributed by atoms with Crippen LogP contribution in [0.4, 0.5) is 0 Å². The number of fused-ring (bicyclic) bond motifs is 2. The highest BCUT2D eigenvalue weighted by Gasteiger charge is 2.46. The van der Waals surface area contributed by atoms with Crippen molar-refractivity contribution in [3.05, 3.63) is 95.1 Å². The van der Waals surface area contributed by atoms with Crippen molar-refractivity contribution < 1.29 is 0 Å². The summed E-state index contributed by atoms with van der Waals surface area (Å²) < 4.78 is 0. The maximum Gasteiger partial charge on any atom is 0.0172 e. The Morgan fingerprint density at radius 1 is 0.655 bits per heavy atom. The second-order valence-corrected chi connectivity index (χ2v) is 13.6. The topological polar surface area (TPSA) is 0 Å². The summed E-state index contributed by atoms with van der Waals surface area (Å²) in [6.07, 6.45) is 7.71. The van der Waals surface area contributed by atoms with E-state index < -0.39 is 10.0 Å². The molecule has 0 aliphatic heterocycles. The predicted octanol–water partition coefficient (Wildman–Crippen LogP) is 7.58. The van der Waals surface area contributed by atoms with Crippen molar-refractivity contribution in [3.8, 4) is 11.1 Å². The molecule has 0 saturated heterocycles. The van der Waals surface area contributed by atoms with Gasteiger partial charge in [-0.25, -0.2) is 10.0 Å². The van der Waals surface area contributed by atoms with Crippen LogP contribution >= 0.6 is 10.0 Å². The van der Waals surface area contributed by atoms with Gasteiger partial charge in [0.1, 0.15) is 0 Å². The lowest BCUT2D eigenvalue weighted by Crippen LogP contribution is -2.21. The molecular weight excluding hydrogens is 368 g/mol. The molecule has 0 spiro atoms. The highest BCUT2D eigenvalue weighted by molar-refractivity contribution is 8.33. The van der Waals surface area contributed by atoms with Crippen LogP contribution in [0.2, 0.25) is 0 Å². The fourth-order valence-electron chi connectivity index (χ4n) is 6.49. The largest absolute Gasteiger partial charge is 0.233 e. The average molecular weight is 401 g/mol. The van der Waals surface area contributed by atoms with E-state index in [1.165, 1.54) is 24.0 Å². The third-order valence-corrected chi connectivity index (χ3v) is 11.4. The van der Waals surface area contributed by atoms with Crippen molar-refractivity contribution in [1.82, 2.24) is 0 Å². The Morgan fingerprint density at radius 2 is 1.28 bits per heavy atom. The summed E-state index contributed by atoms with van der Waals surface area (Å²) in [5.41, 5.74) is 9.29. The van der Waals surface area contributed by atoms with Gasteiger partial charge in [-0.05, 0) is 70.6 Å². The van der Waals surface area contributed by atoms with E-state index in [4.69, 9.17) is 0 Å². The molecule has 4 atom stereocenters. The van der Waals surface area contributed by atoms with E-state index in [9.17, 15) is 0 Å². The first kappa shape index (κ1) is 19.0. The summed E-state index contributed by atoms with van der Waals surface area (Å²) in [5, 5.41) is 1.39. The van der Waals surface area contributed by atoms with Crippen molar-refractivity contribution in [3.63, 3.8) is 0 Å². The molecule has 150 valence electrons. The second-order valence-electron chi connectivity index (χ2n) is 9.63. The minimum absolute atomic E-state index is 0.680. The molecule has 0 fully saturated rings. The van der Waals surface area contributed by atoms with Gasteiger partial charge >= 0.3 is 0 Å². The van der Waals surface area contributed by atoms with Gasteiger partial charge in [-0.3, -0.25) is 0 Å². The zero-order valence-corrected chi connectivity index (χ0v) is 18.9. The first-order valence-corrected chi connectivity index (χ1v) is 13.5. The molecule has 4 unspecified atom stereocenters. The predicted molar refractivity (Wildman–Crippen MR) is 129 cm³/mol. The fourth-order valence-corrected chi connectivity index (χ4v) is 11.2. The molecule has 2 aliphatic carbocycles. The van der Waals surface area contributed by atoms with Crippen molar-refractivity contribution in [2.75, 3.05) is 12.5 Å². The quantitative estimate of drug-likeness (QED) is 0.425. The summed E-state index contributed by atoms with van der Waals surface area (Å²) in [7, 11) is -0.863. The van der Waals surface area contributed by atoms with Gasteiger partial charge in [0.15, 0.2) is 0 Å². The van der Waals surface area contributed by atoms with Crippen LogP contribution < -0.4 is 0 Å². The van der Waals surface area contributed by atoms with E-state index in [-0.39, 0.29) is 0 Å². The molecule has 0 heterocycles. The summed E-state index contributed by atoms with van der Waals surface area (Å²) in [5.74, 6) is 1.45. The summed E-state index contributed by atoms with van der Waals surface area (Å²) in [6, 6.07) is 27.3. The van der Waals surface area contributed by atoms with Crippen LogP contribution in [0.15, 0.2) is 72.8 Å². The van der Waals surface area contributed by atoms with E-state index >= 15 is 0 Å². The lowest BCUT2D eigenvalue weighted by molar-refractivity contribution is 0.579. The highest BCUT2D eigenvalue weighted by Crippen LogP contribution is 2.73. The molecule has 5 rings (SSSR count). The van der Waals surface area contributed by atoms with Crippen molar-refractivity contribution in [2.45, 2.75) is 37.2 Å². The molecule has 0 N–H and O–H groups in total. The molecule has 0 radical (unpaired) electrons. The molecule has 0 saturated carbocycles. The molecule has 3 aromatic carbocycles. The monoisotopic (exact) mass is 400 g/mol. The van der Waals surface area contributed by atoms with Crippen molar-refractivity contribution >= 4 is 10.0 Å². The van der Waals surface area contributed by atoms with Crippen LogP contribution in [0.3, 0.4) is 0 Å². The van der Waals surface area contributed by atoms with Gasteiger partial charge in [-0.15, -0.1) is 0 Å². The van der Waals surface area contributed by atoms with Crippen LogP contribution in [0, 0.1) is 11.8 Å². The first-order valence-electron chi connectivity index (χ1n) is 10.9. The third kappa shape index (κ3) is 2.97. The van der Waals surface area contributed by atoms with Gasteiger partial charge in [0.05, 0.1) is 0 Å². The van der Waals surface area contributed by atoms with E-state index in [1.807, 2.05) is 0 Å². The Morgan fingerprint density at radius 3 is 2.07 bits per heavy atom. The number of hydrogen-bond donors (Lipinski definition) is 0. The van der Waals surface area contributed by atoms with E-state index in [2.05, 4.69) is 99.2 Å². The maximum absolute atomic E-state index is 2.63. The standard InChI is InChI=1S/C28H32S/c1-19-17-22-13-8-9-14-24(22)27(19)29(3,4)28-20(2)18-26-23(15-10-16-25(26)28)21-11-6-5-7-12-21/h5-16,19-20,27-28H,17-18H2,1-4H3. The SMILES string of the molecule is CC1Cc2ccccc2C1S(C)(C)C1c2cccc(-c3ccccc3)c2CC1C. The molecule has 0 aromatic heterocycles. The molecule has 0 bridgehead atoms. The van der Waals surface area contributed by atoms with Crippen LogP contribution in [0.25, 0.3) is 11.1 Å². The Hall–Kier alpha value is -1.99. The normalized spacial score (nSPS) is 26.2. The van der Waals surface area contributed by atoms with E-state index in [0.717, 1.165) is 5.92 Å². The molecule has 3 aromatic rings. The fraction of sp³-hybridized carbons (Fsp3) is 0.357.